The molecular formula is C16H29NO3. The summed E-state index contributed by atoms with van der Waals surface area (Å²) < 4.78 is 6.23. The molecule has 2 rings (SSSR count). The Hall–Kier alpha value is -0.610. The van der Waals surface area contributed by atoms with E-state index in [2.05, 4.69) is 12.2 Å². The summed E-state index contributed by atoms with van der Waals surface area (Å²) in [5, 5.41) is 12.6. The van der Waals surface area contributed by atoms with Gasteiger partial charge in [-0.3, -0.25) is 4.79 Å². The highest BCUT2D eigenvalue weighted by molar-refractivity contribution is 5.79. The molecular weight excluding hydrogens is 254 g/mol. The number of hydrogen-bond acceptors (Lipinski definition) is 3. The molecule has 0 bridgehead atoms. The Labute approximate surface area is 122 Å². The first kappa shape index (κ1) is 15.8. The minimum absolute atomic E-state index is 0.116. The lowest BCUT2D eigenvalue weighted by molar-refractivity contribution is -0.145. The molecule has 116 valence electrons. The molecule has 2 saturated carbocycles. The van der Waals surface area contributed by atoms with Crippen LogP contribution in [-0.4, -0.2) is 35.4 Å². The van der Waals surface area contributed by atoms with Gasteiger partial charge in [-0.15, -0.1) is 0 Å². The average Bonchev–Trinajstić information content (AvgIpc) is 2.84. The highest BCUT2D eigenvalue weighted by Crippen LogP contribution is 2.36. The van der Waals surface area contributed by atoms with E-state index in [0.717, 1.165) is 25.2 Å². The van der Waals surface area contributed by atoms with Crippen LogP contribution < -0.4 is 5.32 Å². The molecule has 0 aromatic heterocycles. The third-order valence-electron chi connectivity index (χ3n) is 5.09. The topological polar surface area (TPSA) is 58.6 Å². The van der Waals surface area contributed by atoms with Gasteiger partial charge in [0.1, 0.15) is 5.54 Å². The van der Waals surface area contributed by atoms with Crippen molar-refractivity contribution in [3.05, 3.63) is 0 Å². The lowest BCUT2D eigenvalue weighted by atomic mass is 9.85. The SMILES string of the molecule is CCNC1(C(=O)O)CCC(OC2CCCC(CC)C2)C1. The summed E-state index contributed by atoms with van der Waals surface area (Å²) in [7, 11) is 0. The summed E-state index contributed by atoms with van der Waals surface area (Å²) in [6.45, 7) is 4.91. The molecule has 0 radical (unpaired) electrons. The molecule has 4 heteroatoms. The van der Waals surface area contributed by atoms with Crippen LogP contribution in [0.4, 0.5) is 0 Å². The van der Waals surface area contributed by atoms with Gasteiger partial charge in [0, 0.05) is 6.42 Å². The molecule has 0 aromatic carbocycles. The molecule has 0 amide bonds. The number of nitrogens with one attached hydrogen (secondary N) is 1. The van der Waals surface area contributed by atoms with E-state index in [1.807, 2.05) is 6.92 Å². The second-order valence-electron chi connectivity index (χ2n) is 6.48. The highest BCUT2D eigenvalue weighted by Gasteiger charge is 2.46. The summed E-state index contributed by atoms with van der Waals surface area (Å²) in [5.74, 6) is 0.0775. The maximum absolute atomic E-state index is 11.5. The number of hydrogen-bond donors (Lipinski definition) is 2. The van der Waals surface area contributed by atoms with Crippen molar-refractivity contribution in [3.8, 4) is 0 Å². The summed E-state index contributed by atoms with van der Waals surface area (Å²) in [4.78, 5) is 11.5. The van der Waals surface area contributed by atoms with Gasteiger partial charge in [0.05, 0.1) is 12.2 Å². The van der Waals surface area contributed by atoms with Gasteiger partial charge in [0.15, 0.2) is 0 Å². The monoisotopic (exact) mass is 283 g/mol. The molecule has 0 heterocycles. The number of carbonyl (C=O) groups is 1. The first-order valence-corrected chi connectivity index (χ1v) is 8.23. The van der Waals surface area contributed by atoms with Crippen LogP contribution in [0, 0.1) is 5.92 Å². The van der Waals surface area contributed by atoms with Gasteiger partial charge in [0.2, 0.25) is 0 Å². The quantitative estimate of drug-likeness (QED) is 0.787. The first-order valence-electron chi connectivity index (χ1n) is 8.23. The van der Waals surface area contributed by atoms with Crippen molar-refractivity contribution in [2.75, 3.05) is 6.54 Å². The van der Waals surface area contributed by atoms with Crippen molar-refractivity contribution in [1.29, 1.82) is 0 Å². The van der Waals surface area contributed by atoms with Crippen LogP contribution in [-0.2, 0) is 9.53 Å². The van der Waals surface area contributed by atoms with Gasteiger partial charge in [-0.05, 0) is 38.1 Å². The highest BCUT2D eigenvalue weighted by atomic mass is 16.5. The minimum Gasteiger partial charge on any atom is -0.480 e. The minimum atomic E-state index is -0.752. The Balaban J connectivity index is 1.87. The Kier molecular flexibility index (Phi) is 5.44. The molecule has 4 nitrogen and oxygen atoms in total. The number of carboxylic acids is 1. The fraction of sp³-hybridized carbons (Fsp3) is 0.938. The van der Waals surface area contributed by atoms with Crippen molar-refractivity contribution in [1.82, 2.24) is 5.32 Å². The van der Waals surface area contributed by atoms with E-state index in [9.17, 15) is 9.90 Å². The Morgan fingerprint density at radius 2 is 2.10 bits per heavy atom. The maximum Gasteiger partial charge on any atom is 0.323 e. The maximum atomic E-state index is 11.5. The summed E-state index contributed by atoms with van der Waals surface area (Å²) in [6, 6.07) is 0. The fourth-order valence-electron chi connectivity index (χ4n) is 3.89. The summed E-state index contributed by atoms with van der Waals surface area (Å²) in [5.41, 5.74) is -0.752. The third kappa shape index (κ3) is 3.53. The van der Waals surface area contributed by atoms with Crippen molar-refractivity contribution in [2.24, 2.45) is 5.92 Å². The Morgan fingerprint density at radius 1 is 1.30 bits per heavy atom. The lowest BCUT2D eigenvalue weighted by Crippen LogP contribution is -2.50. The van der Waals surface area contributed by atoms with Crippen LogP contribution in [0.15, 0.2) is 0 Å². The van der Waals surface area contributed by atoms with Gasteiger partial charge in [0.25, 0.3) is 0 Å². The van der Waals surface area contributed by atoms with Crippen molar-refractivity contribution < 1.29 is 14.6 Å². The fourth-order valence-corrected chi connectivity index (χ4v) is 3.89. The molecule has 2 N–H and O–H groups in total. The molecule has 0 aliphatic heterocycles. The third-order valence-corrected chi connectivity index (χ3v) is 5.09. The molecule has 2 aliphatic carbocycles. The van der Waals surface area contributed by atoms with E-state index in [1.54, 1.807) is 0 Å². The van der Waals surface area contributed by atoms with E-state index in [0.29, 0.717) is 25.5 Å². The smallest absolute Gasteiger partial charge is 0.323 e. The molecule has 2 aliphatic rings. The molecule has 0 aromatic rings. The Morgan fingerprint density at radius 3 is 2.75 bits per heavy atom. The largest absolute Gasteiger partial charge is 0.480 e. The van der Waals surface area contributed by atoms with E-state index >= 15 is 0 Å². The van der Waals surface area contributed by atoms with E-state index < -0.39 is 11.5 Å². The Bertz CT molecular complexity index is 334. The molecule has 2 fully saturated rings. The van der Waals surface area contributed by atoms with Gasteiger partial charge < -0.3 is 15.2 Å². The van der Waals surface area contributed by atoms with Crippen LogP contribution in [0.2, 0.25) is 0 Å². The molecule has 20 heavy (non-hydrogen) atoms. The predicted molar refractivity (Wildman–Crippen MR) is 78.8 cm³/mol. The number of rotatable bonds is 6. The van der Waals surface area contributed by atoms with Crippen LogP contribution in [0.25, 0.3) is 0 Å². The molecule has 0 spiro atoms. The van der Waals surface area contributed by atoms with Gasteiger partial charge in [-0.25, -0.2) is 0 Å². The van der Waals surface area contributed by atoms with Crippen molar-refractivity contribution >= 4 is 5.97 Å². The van der Waals surface area contributed by atoms with Crippen LogP contribution in [0.5, 0.6) is 0 Å². The number of carboxylic acid groups (broad SMARTS) is 1. The second-order valence-corrected chi connectivity index (χ2v) is 6.48. The normalized spacial score (nSPS) is 38.0. The molecule has 4 unspecified atom stereocenters. The van der Waals surface area contributed by atoms with Gasteiger partial charge in [-0.1, -0.05) is 33.1 Å². The number of likely N-dealkylation sites (N-methyl/N-ethyl adjacent to an activating group) is 1. The summed E-state index contributed by atoms with van der Waals surface area (Å²) >= 11 is 0. The standard InChI is InChI=1S/C16H29NO3/c1-3-12-6-5-7-13(10-12)20-14-8-9-16(11-14,15(18)19)17-4-2/h12-14,17H,3-11H2,1-2H3,(H,18,19). The van der Waals surface area contributed by atoms with E-state index in [-0.39, 0.29) is 6.10 Å². The van der Waals surface area contributed by atoms with Crippen LogP contribution >= 0.6 is 0 Å². The van der Waals surface area contributed by atoms with Crippen molar-refractivity contribution in [3.63, 3.8) is 0 Å². The van der Waals surface area contributed by atoms with Gasteiger partial charge in [-0.2, -0.15) is 0 Å². The number of aliphatic carboxylic acids is 1. The zero-order valence-corrected chi connectivity index (χ0v) is 12.9. The lowest BCUT2D eigenvalue weighted by Gasteiger charge is -2.31. The number of ether oxygens (including phenoxy) is 1. The molecule has 4 atom stereocenters. The second kappa shape index (κ2) is 6.90. The summed E-state index contributed by atoms with van der Waals surface area (Å²) in [6.07, 6.45) is 8.77. The average molecular weight is 283 g/mol. The first-order chi connectivity index (χ1) is 9.59. The zero-order chi connectivity index (χ0) is 14.6. The predicted octanol–water partition coefficient (Wildman–Crippen LogP) is 2.96. The molecule has 0 saturated heterocycles. The zero-order valence-electron chi connectivity index (χ0n) is 12.9. The van der Waals surface area contributed by atoms with Crippen LogP contribution in [0.1, 0.15) is 65.2 Å². The van der Waals surface area contributed by atoms with E-state index in [4.69, 9.17) is 4.74 Å². The van der Waals surface area contributed by atoms with Crippen LogP contribution in [0.3, 0.4) is 0 Å². The van der Waals surface area contributed by atoms with Gasteiger partial charge >= 0.3 is 5.97 Å². The van der Waals surface area contributed by atoms with Crippen molar-refractivity contribution in [2.45, 2.75) is 83.0 Å². The van der Waals surface area contributed by atoms with E-state index in [1.165, 1.54) is 19.3 Å².